The largest absolute Gasteiger partial charge is 0.461 e. The molecule has 0 aliphatic heterocycles. The number of anilines is 3. The van der Waals surface area contributed by atoms with E-state index in [1.807, 2.05) is 78.2 Å². The summed E-state index contributed by atoms with van der Waals surface area (Å²) in [7, 11) is 0. The van der Waals surface area contributed by atoms with Gasteiger partial charge in [0.1, 0.15) is 5.82 Å². The summed E-state index contributed by atoms with van der Waals surface area (Å²) in [4.78, 5) is 13.0. The minimum absolute atomic E-state index is 0.150. The molecule has 0 bridgehead atoms. The lowest BCUT2D eigenvalue weighted by atomic mass is 10.2. The van der Waals surface area contributed by atoms with Gasteiger partial charge in [-0.15, -0.1) is 10.2 Å². The zero-order chi connectivity index (χ0) is 22.6. The van der Waals surface area contributed by atoms with Crippen LogP contribution in [0.4, 0.5) is 17.6 Å². The minimum Gasteiger partial charge on any atom is -0.461 e. The van der Waals surface area contributed by atoms with Crippen molar-refractivity contribution in [3.8, 4) is 17.3 Å². The van der Waals surface area contributed by atoms with Gasteiger partial charge in [0.05, 0.1) is 12.0 Å². The average molecular weight is 457 g/mol. The molecule has 0 unspecified atom stereocenters. The lowest BCUT2D eigenvalue weighted by molar-refractivity contribution is 0.575. The van der Waals surface area contributed by atoms with E-state index in [-0.39, 0.29) is 5.95 Å². The minimum atomic E-state index is 0.150. The van der Waals surface area contributed by atoms with Gasteiger partial charge in [-0.05, 0) is 42.8 Å². The zero-order valence-electron chi connectivity index (χ0n) is 17.7. The first kappa shape index (κ1) is 20.7. The Morgan fingerprint density at radius 1 is 0.939 bits per heavy atom. The highest BCUT2D eigenvalue weighted by atomic mass is 32.2. The van der Waals surface area contributed by atoms with Crippen molar-refractivity contribution in [3.63, 3.8) is 0 Å². The van der Waals surface area contributed by atoms with Crippen molar-refractivity contribution in [2.24, 2.45) is 0 Å². The zero-order valence-corrected chi connectivity index (χ0v) is 18.5. The topological polar surface area (TPSA) is 121 Å². The molecule has 0 amide bonds. The van der Waals surface area contributed by atoms with E-state index in [9.17, 15) is 0 Å². The Bertz CT molecular complexity index is 1370. The van der Waals surface area contributed by atoms with E-state index in [0.29, 0.717) is 34.3 Å². The molecule has 0 aliphatic carbocycles. The number of furan rings is 1. The Hall–Kier alpha value is -4.18. The van der Waals surface area contributed by atoms with Gasteiger partial charge in [-0.3, -0.25) is 4.57 Å². The molecule has 5 aromatic rings. The molecule has 10 heteroatoms. The van der Waals surface area contributed by atoms with E-state index in [1.165, 1.54) is 11.8 Å². The normalized spacial score (nSPS) is 10.9. The fourth-order valence-corrected chi connectivity index (χ4v) is 4.07. The number of thioether (sulfide) groups is 1. The first-order valence-electron chi connectivity index (χ1n) is 10.2. The number of rotatable bonds is 7. The quantitative estimate of drug-likeness (QED) is 0.337. The van der Waals surface area contributed by atoms with E-state index in [0.717, 1.165) is 16.9 Å². The van der Waals surface area contributed by atoms with Gasteiger partial charge in [-0.1, -0.05) is 48.2 Å². The summed E-state index contributed by atoms with van der Waals surface area (Å²) in [5.74, 6) is 2.76. The van der Waals surface area contributed by atoms with Crippen molar-refractivity contribution >= 4 is 29.3 Å². The fourth-order valence-electron chi connectivity index (χ4n) is 3.26. The fraction of sp³-hybridized carbons (Fsp3) is 0.0870. The number of nitrogen functional groups attached to an aromatic ring is 1. The second kappa shape index (κ2) is 9.13. The summed E-state index contributed by atoms with van der Waals surface area (Å²) < 4.78 is 7.51. The molecule has 164 valence electrons. The molecule has 0 spiro atoms. The third kappa shape index (κ3) is 4.55. The molecule has 3 heterocycles. The van der Waals surface area contributed by atoms with Crippen LogP contribution in [0, 0.1) is 6.92 Å². The van der Waals surface area contributed by atoms with E-state index >= 15 is 0 Å². The maximum atomic E-state index is 5.95. The number of hydrogen-bond donors (Lipinski definition) is 2. The number of aryl methyl sites for hydroxylation is 1. The summed E-state index contributed by atoms with van der Waals surface area (Å²) in [5.41, 5.74) is 8.87. The predicted octanol–water partition coefficient (Wildman–Crippen LogP) is 4.64. The third-order valence-electron chi connectivity index (χ3n) is 4.81. The number of nitrogens with two attached hydrogens (primary N) is 1. The van der Waals surface area contributed by atoms with Crippen LogP contribution in [-0.4, -0.2) is 29.7 Å². The van der Waals surface area contributed by atoms with Crippen LogP contribution in [-0.2, 0) is 5.75 Å². The monoisotopic (exact) mass is 456 g/mol. The van der Waals surface area contributed by atoms with Crippen molar-refractivity contribution in [3.05, 3.63) is 84.4 Å². The summed E-state index contributed by atoms with van der Waals surface area (Å²) >= 11 is 1.45. The molecule has 3 N–H and O–H groups in total. The van der Waals surface area contributed by atoms with Crippen LogP contribution < -0.4 is 11.1 Å². The lowest BCUT2D eigenvalue weighted by Gasteiger charge is -2.10. The van der Waals surface area contributed by atoms with E-state index in [2.05, 4.69) is 30.5 Å². The van der Waals surface area contributed by atoms with Crippen LogP contribution in [0.1, 0.15) is 11.4 Å². The van der Waals surface area contributed by atoms with E-state index < -0.39 is 0 Å². The predicted molar refractivity (Wildman–Crippen MR) is 127 cm³/mol. The Balaban J connectivity index is 1.42. The maximum Gasteiger partial charge on any atom is 0.232 e. The number of hydrogen-bond acceptors (Lipinski definition) is 9. The van der Waals surface area contributed by atoms with Crippen molar-refractivity contribution in [1.29, 1.82) is 0 Å². The van der Waals surface area contributed by atoms with Crippen LogP contribution in [0.2, 0.25) is 0 Å². The molecule has 3 aromatic heterocycles. The van der Waals surface area contributed by atoms with Crippen LogP contribution >= 0.6 is 11.8 Å². The van der Waals surface area contributed by atoms with E-state index in [4.69, 9.17) is 10.2 Å². The summed E-state index contributed by atoms with van der Waals surface area (Å²) in [5, 5.41) is 12.6. The third-order valence-corrected chi connectivity index (χ3v) is 5.74. The van der Waals surface area contributed by atoms with Crippen molar-refractivity contribution in [2.75, 3.05) is 11.1 Å². The first-order chi connectivity index (χ1) is 16.2. The van der Waals surface area contributed by atoms with Crippen LogP contribution in [0.3, 0.4) is 0 Å². The molecule has 0 atom stereocenters. The molecule has 9 nitrogen and oxygen atoms in total. The summed E-state index contributed by atoms with van der Waals surface area (Å²) in [6.07, 6.45) is 1.61. The number of nitrogens with one attached hydrogen (secondary N) is 1. The number of aromatic nitrogens is 6. The number of benzene rings is 2. The van der Waals surface area contributed by atoms with Gasteiger partial charge in [-0.25, -0.2) is 0 Å². The van der Waals surface area contributed by atoms with E-state index in [1.54, 1.807) is 6.26 Å². The SMILES string of the molecule is Cc1ccccc1Nc1nc(N)nc(CSc2nnc(-c3ccco3)n2-c2ccccc2)n1. The Kier molecular flexibility index (Phi) is 5.73. The second-order valence-electron chi connectivity index (χ2n) is 7.12. The molecule has 0 aliphatic rings. The average Bonchev–Trinajstić information content (AvgIpc) is 3.49. The summed E-state index contributed by atoms with van der Waals surface area (Å²) in [6.45, 7) is 2.01. The van der Waals surface area contributed by atoms with Gasteiger partial charge < -0.3 is 15.5 Å². The Labute approximate surface area is 194 Å². The molecule has 0 radical (unpaired) electrons. The van der Waals surface area contributed by atoms with Gasteiger partial charge in [0.2, 0.25) is 17.7 Å². The van der Waals surface area contributed by atoms with Gasteiger partial charge in [0.25, 0.3) is 0 Å². The smallest absolute Gasteiger partial charge is 0.232 e. The molecule has 2 aromatic carbocycles. The van der Waals surface area contributed by atoms with Crippen LogP contribution in [0.5, 0.6) is 0 Å². The molecule has 33 heavy (non-hydrogen) atoms. The number of nitrogens with zero attached hydrogens (tertiary/aromatic N) is 6. The second-order valence-corrected chi connectivity index (χ2v) is 8.06. The Morgan fingerprint density at radius 2 is 1.76 bits per heavy atom. The first-order valence-corrected chi connectivity index (χ1v) is 11.2. The Morgan fingerprint density at radius 3 is 2.55 bits per heavy atom. The van der Waals surface area contributed by atoms with Crippen LogP contribution in [0.25, 0.3) is 17.3 Å². The van der Waals surface area contributed by atoms with Gasteiger partial charge in [0, 0.05) is 11.4 Å². The molecule has 0 saturated heterocycles. The van der Waals surface area contributed by atoms with Crippen LogP contribution in [0.15, 0.2) is 82.6 Å². The highest BCUT2D eigenvalue weighted by molar-refractivity contribution is 7.98. The lowest BCUT2D eigenvalue weighted by Crippen LogP contribution is -2.07. The van der Waals surface area contributed by atoms with Gasteiger partial charge in [-0.2, -0.15) is 15.0 Å². The molecule has 0 saturated carbocycles. The summed E-state index contributed by atoms with van der Waals surface area (Å²) in [6, 6.07) is 21.4. The van der Waals surface area contributed by atoms with Crippen molar-refractivity contribution < 1.29 is 4.42 Å². The van der Waals surface area contributed by atoms with Crippen molar-refractivity contribution in [2.45, 2.75) is 17.8 Å². The maximum absolute atomic E-state index is 5.95. The highest BCUT2D eigenvalue weighted by Gasteiger charge is 2.18. The molecular weight excluding hydrogens is 436 g/mol. The molecular formula is C23H20N8OS. The number of para-hydroxylation sites is 2. The standard InChI is InChI=1S/C23H20N8OS/c1-15-8-5-6-11-17(15)25-22-27-19(26-21(24)28-22)14-33-23-30-29-20(18-12-7-13-32-18)31(23)16-9-3-2-4-10-16/h2-13H,14H2,1H3,(H3,24,25,26,27,28). The molecule has 5 rings (SSSR count). The van der Waals surface area contributed by atoms with Gasteiger partial charge >= 0.3 is 0 Å². The molecule has 0 fully saturated rings. The highest BCUT2D eigenvalue weighted by Crippen LogP contribution is 2.29. The van der Waals surface area contributed by atoms with Gasteiger partial charge in [0.15, 0.2) is 10.9 Å². The van der Waals surface area contributed by atoms with Crippen molar-refractivity contribution in [1.82, 2.24) is 29.7 Å².